The van der Waals surface area contributed by atoms with Crippen molar-refractivity contribution in [1.82, 2.24) is 16.0 Å². The van der Waals surface area contributed by atoms with Crippen LogP contribution >= 0.6 is 11.8 Å². The SMILES string of the molecule is CSCCC(NC(=O)C(NC(=O)C(N)C(C)C)C(C)O)C(=O)NCC(=O)O. The number of nitrogens with one attached hydrogen (secondary N) is 3. The van der Waals surface area contributed by atoms with E-state index in [0.717, 1.165) is 0 Å². The molecule has 0 rings (SSSR count). The van der Waals surface area contributed by atoms with E-state index in [1.165, 1.54) is 18.7 Å². The van der Waals surface area contributed by atoms with Crippen molar-refractivity contribution in [3.63, 3.8) is 0 Å². The van der Waals surface area contributed by atoms with Gasteiger partial charge in [-0.25, -0.2) is 0 Å². The number of hydrogen-bond acceptors (Lipinski definition) is 7. The van der Waals surface area contributed by atoms with E-state index in [4.69, 9.17) is 10.8 Å². The number of carbonyl (C=O) groups excluding carboxylic acids is 3. The van der Waals surface area contributed by atoms with Crippen LogP contribution in [0.5, 0.6) is 0 Å². The first-order valence-electron chi connectivity index (χ1n) is 8.54. The van der Waals surface area contributed by atoms with Crippen molar-refractivity contribution in [2.75, 3.05) is 18.6 Å². The Balaban J connectivity index is 5.12. The van der Waals surface area contributed by atoms with Crippen LogP contribution in [-0.4, -0.2) is 76.7 Å². The molecule has 4 atom stereocenters. The monoisotopic (exact) mass is 406 g/mol. The van der Waals surface area contributed by atoms with Gasteiger partial charge in [0, 0.05) is 0 Å². The Kier molecular flexibility index (Phi) is 11.7. The summed E-state index contributed by atoms with van der Waals surface area (Å²) < 4.78 is 0. The van der Waals surface area contributed by atoms with Gasteiger partial charge in [-0.3, -0.25) is 19.2 Å². The molecule has 4 unspecified atom stereocenters. The number of hydrogen-bond donors (Lipinski definition) is 6. The molecular formula is C16H30N4O6S. The minimum atomic E-state index is -1.30. The van der Waals surface area contributed by atoms with E-state index >= 15 is 0 Å². The summed E-state index contributed by atoms with van der Waals surface area (Å²) in [5, 5.41) is 25.6. The lowest BCUT2D eigenvalue weighted by Gasteiger charge is -2.26. The van der Waals surface area contributed by atoms with Gasteiger partial charge in [0.1, 0.15) is 18.6 Å². The van der Waals surface area contributed by atoms with E-state index in [9.17, 15) is 24.3 Å². The van der Waals surface area contributed by atoms with Gasteiger partial charge in [0.05, 0.1) is 12.1 Å². The fourth-order valence-electron chi connectivity index (χ4n) is 2.01. The number of rotatable bonds is 12. The number of aliphatic hydroxyl groups excluding tert-OH is 1. The molecular weight excluding hydrogens is 376 g/mol. The standard InChI is InChI=1S/C16H30N4O6S/c1-8(2)12(17)15(25)20-13(9(3)21)16(26)19-10(5-6-27-4)14(24)18-7-11(22)23/h8-10,12-13,21H,5-7,17H2,1-4H3,(H,18,24)(H,19,26)(H,20,25)(H,22,23). The summed E-state index contributed by atoms with van der Waals surface area (Å²) in [4.78, 5) is 47.3. The van der Waals surface area contributed by atoms with Crippen molar-refractivity contribution in [3.8, 4) is 0 Å². The minimum Gasteiger partial charge on any atom is -0.480 e. The normalized spacial score (nSPS) is 15.4. The van der Waals surface area contributed by atoms with Gasteiger partial charge in [-0.1, -0.05) is 13.8 Å². The molecule has 0 heterocycles. The van der Waals surface area contributed by atoms with Crippen molar-refractivity contribution in [2.24, 2.45) is 11.7 Å². The van der Waals surface area contributed by atoms with Gasteiger partial charge in [-0.2, -0.15) is 11.8 Å². The zero-order valence-corrected chi connectivity index (χ0v) is 16.8. The van der Waals surface area contributed by atoms with Gasteiger partial charge >= 0.3 is 5.97 Å². The predicted molar refractivity (Wildman–Crippen MR) is 102 cm³/mol. The maximum atomic E-state index is 12.5. The molecule has 27 heavy (non-hydrogen) atoms. The van der Waals surface area contributed by atoms with Crippen LogP contribution in [0.15, 0.2) is 0 Å². The summed E-state index contributed by atoms with van der Waals surface area (Å²) in [5.74, 6) is -2.86. The molecule has 7 N–H and O–H groups in total. The van der Waals surface area contributed by atoms with Crippen LogP contribution in [-0.2, 0) is 19.2 Å². The van der Waals surface area contributed by atoms with E-state index in [1.807, 2.05) is 6.26 Å². The number of thioether (sulfide) groups is 1. The summed E-state index contributed by atoms with van der Waals surface area (Å²) in [6, 6.07) is -3.15. The van der Waals surface area contributed by atoms with E-state index in [-0.39, 0.29) is 12.3 Å². The Bertz CT molecular complexity index is 529. The first kappa shape index (κ1) is 25.1. The Hall–Kier alpha value is -1.85. The molecule has 11 heteroatoms. The first-order chi connectivity index (χ1) is 12.5. The largest absolute Gasteiger partial charge is 0.480 e. The number of amides is 3. The average Bonchev–Trinajstić information content (AvgIpc) is 2.59. The third-order valence-corrected chi connectivity index (χ3v) is 4.39. The van der Waals surface area contributed by atoms with E-state index in [1.54, 1.807) is 13.8 Å². The number of carbonyl (C=O) groups is 4. The van der Waals surface area contributed by atoms with Gasteiger partial charge in [-0.05, 0) is 31.3 Å². The van der Waals surface area contributed by atoms with Crippen LogP contribution in [0, 0.1) is 5.92 Å². The summed E-state index contributed by atoms with van der Waals surface area (Å²) in [6.07, 6.45) is 0.849. The van der Waals surface area contributed by atoms with Crippen LogP contribution in [0.1, 0.15) is 27.2 Å². The lowest BCUT2D eigenvalue weighted by Crippen LogP contribution is -2.59. The number of aliphatic hydroxyl groups is 1. The molecule has 0 radical (unpaired) electrons. The van der Waals surface area contributed by atoms with Crippen LogP contribution < -0.4 is 21.7 Å². The minimum absolute atomic E-state index is 0.168. The molecule has 0 saturated carbocycles. The maximum absolute atomic E-state index is 12.5. The number of carboxylic acid groups (broad SMARTS) is 1. The number of aliphatic carboxylic acids is 1. The van der Waals surface area contributed by atoms with Gasteiger partial charge < -0.3 is 31.9 Å². The molecule has 0 saturated heterocycles. The van der Waals surface area contributed by atoms with Crippen LogP contribution in [0.2, 0.25) is 0 Å². The average molecular weight is 407 g/mol. The lowest BCUT2D eigenvalue weighted by molar-refractivity contribution is -0.138. The first-order valence-corrected chi connectivity index (χ1v) is 9.93. The summed E-state index contributed by atoms with van der Waals surface area (Å²) in [6.45, 7) is 4.23. The molecule has 0 aliphatic carbocycles. The highest BCUT2D eigenvalue weighted by Crippen LogP contribution is 2.04. The van der Waals surface area contributed by atoms with Crippen molar-refractivity contribution in [1.29, 1.82) is 0 Å². The van der Waals surface area contributed by atoms with E-state index < -0.39 is 54.5 Å². The molecule has 10 nitrogen and oxygen atoms in total. The molecule has 0 aliphatic heterocycles. The van der Waals surface area contributed by atoms with Crippen molar-refractivity contribution >= 4 is 35.5 Å². The van der Waals surface area contributed by atoms with Gasteiger partial charge in [-0.15, -0.1) is 0 Å². The topological polar surface area (TPSA) is 171 Å². The molecule has 0 aliphatic rings. The second-order valence-electron chi connectivity index (χ2n) is 6.45. The third-order valence-electron chi connectivity index (χ3n) is 3.74. The summed E-state index contributed by atoms with van der Waals surface area (Å²) >= 11 is 1.45. The van der Waals surface area contributed by atoms with E-state index in [0.29, 0.717) is 5.75 Å². The fourth-order valence-corrected chi connectivity index (χ4v) is 2.48. The quantitative estimate of drug-likeness (QED) is 0.222. The third kappa shape index (κ3) is 9.59. The predicted octanol–water partition coefficient (Wildman–Crippen LogP) is -1.73. The molecule has 0 fully saturated rings. The van der Waals surface area contributed by atoms with Crippen molar-refractivity contribution in [3.05, 3.63) is 0 Å². The van der Waals surface area contributed by atoms with Crippen molar-refractivity contribution < 1.29 is 29.4 Å². The highest BCUT2D eigenvalue weighted by molar-refractivity contribution is 7.98. The zero-order chi connectivity index (χ0) is 21.1. The summed E-state index contributed by atoms with van der Waals surface area (Å²) in [7, 11) is 0. The van der Waals surface area contributed by atoms with Crippen LogP contribution in [0.3, 0.4) is 0 Å². The molecule has 0 spiro atoms. The van der Waals surface area contributed by atoms with E-state index in [2.05, 4.69) is 16.0 Å². The van der Waals surface area contributed by atoms with Gasteiger partial charge in [0.2, 0.25) is 17.7 Å². The Morgan fingerprint density at radius 1 is 1.04 bits per heavy atom. The number of carboxylic acids is 1. The molecule has 0 aromatic carbocycles. The highest BCUT2D eigenvalue weighted by Gasteiger charge is 2.31. The lowest BCUT2D eigenvalue weighted by atomic mass is 10.0. The Labute approximate surface area is 163 Å². The molecule has 0 aromatic rings. The number of nitrogens with two attached hydrogens (primary N) is 1. The van der Waals surface area contributed by atoms with Crippen LogP contribution in [0.25, 0.3) is 0 Å². The fraction of sp³-hybridized carbons (Fsp3) is 0.750. The zero-order valence-electron chi connectivity index (χ0n) is 16.0. The van der Waals surface area contributed by atoms with Gasteiger partial charge in [0.15, 0.2) is 0 Å². The Morgan fingerprint density at radius 3 is 2.07 bits per heavy atom. The molecule has 0 aromatic heterocycles. The van der Waals surface area contributed by atoms with Crippen molar-refractivity contribution in [2.45, 2.75) is 51.4 Å². The molecule has 0 bridgehead atoms. The second-order valence-corrected chi connectivity index (χ2v) is 7.44. The Morgan fingerprint density at radius 2 is 1.63 bits per heavy atom. The summed E-state index contributed by atoms with van der Waals surface area (Å²) in [5.41, 5.74) is 5.74. The van der Waals surface area contributed by atoms with Gasteiger partial charge in [0.25, 0.3) is 0 Å². The smallest absolute Gasteiger partial charge is 0.322 e. The maximum Gasteiger partial charge on any atom is 0.322 e. The van der Waals surface area contributed by atoms with Crippen LogP contribution in [0.4, 0.5) is 0 Å². The second kappa shape index (κ2) is 12.5. The molecule has 3 amide bonds. The highest BCUT2D eigenvalue weighted by atomic mass is 32.2. The molecule has 156 valence electrons.